The Labute approximate surface area is 130 Å². The summed E-state index contributed by atoms with van der Waals surface area (Å²) in [4.78, 5) is 17.6. The molecule has 0 fully saturated rings. The normalized spacial score (nSPS) is 10.8. The highest BCUT2D eigenvalue weighted by Crippen LogP contribution is 2.18. The molecule has 20 heavy (non-hydrogen) atoms. The smallest absolute Gasteiger partial charge is 0.283 e. The van der Waals surface area contributed by atoms with Crippen LogP contribution in [0.25, 0.3) is 0 Å². The van der Waals surface area contributed by atoms with Crippen molar-refractivity contribution in [2.75, 3.05) is 5.32 Å². The maximum Gasteiger partial charge on any atom is 0.283 e. The fourth-order valence-corrected chi connectivity index (χ4v) is 2.88. The molecule has 108 valence electrons. The van der Waals surface area contributed by atoms with Crippen LogP contribution in [0.3, 0.4) is 0 Å². The molecule has 0 aromatic carbocycles. The minimum atomic E-state index is -0.0984. The Morgan fingerprint density at radius 1 is 1.45 bits per heavy atom. The molecule has 0 saturated heterocycles. The van der Waals surface area contributed by atoms with E-state index in [1.54, 1.807) is 17.5 Å². The van der Waals surface area contributed by atoms with Crippen LogP contribution < -0.4 is 10.9 Å². The monoisotopic (exact) mass is 356 g/mol. The van der Waals surface area contributed by atoms with Gasteiger partial charge in [0.05, 0.1) is 18.4 Å². The Morgan fingerprint density at radius 2 is 2.25 bits per heavy atom. The first-order chi connectivity index (χ1) is 9.61. The van der Waals surface area contributed by atoms with Crippen LogP contribution in [0.5, 0.6) is 0 Å². The summed E-state index contributed by atoms with van der Waals surface area (Å²) in [6.07, 6.45) is 5.51. The fourth-order valence-electron chi connectivity index (χ4n) is 1.71. The predicted octanol–water partition coefficient (Wildman–Crippen LogP) is 3.18. The number of unbranched alkanes of at least 4 members (excludes halogenated alkanes) is 1. The highest BCUT2D eigenvalue weighted by molar-refractivity contribution is 9.10. The molecule has 2 heterocycles. The van der Waals surface area contributed by atoms with E-state index in [0.29, 0.717) is 23.2 Å². The van der Waals surface area contributed by atoms with E-state index in [0.717, 1.165) is 17.8 Å². The lowest BCUT2D eigenvalue weighted by Gasteiger charge is -2.09. The zero-order valence-electron chi connectivity index (χ0n) is 11.5. The van der Waals surface area contributed by atoms with Crippen LogP contribution in [0.4, 0.5) is 5.69 Å². The van der Waals surface area contributed by atoms with Crippen molar-refractivity contribution < 1.29 is 0 Å². The maximum absolute atomic E-state index is 12.1. The molecular weight excluding hydrogens is 340 g/mol. The lowest BCUT2D eigenvalue weighted by molar-refractivity contribution is 0.541. The zero-order valence-corrected chi connectivity index (χ0v) is 13.9. The molecular formula is C13H17BrN4OS. The van der Waals surface area contributed by atoms with Crippen molar-refractivity contribution in [3.8, 4) is 0 Å². The standard InChI is InChI=1S/C13H17BrN4OS/c1-3-4-5-18-13(19)12(14)10(7-17-18)15-8-11-16-6-9(2)20-11/h6-7,15H,3-5,8H2,1-2H3. The van der Waals surface area contributed by atoms with Gasteiger partial charge in [0.25, 0.3) is 5.56 Å². The zero-order chi connectivity index (χ0) is 14.5. The second kappa shape index (κ2) is 6.99. The summed E-state index contributed by atoms with van der Waals surface area (Å²) in [5.74, 6) is 0. The number of thiazole rings is 1. The van der Waals surface area contributed by atoms with Crippen molar-refractivity contribution in [2.45, 2.75) is 39.8 Å². The van der Waals surface area contributed by atoms with Gasteiger partial charge in [-0.2, -0.15) is 5.10 Å². The van der Waals surface area contributed by atoms with E-state index < -0.39 is 0 Å². The van der Waals surface area contributed by atoms with E-state index >= 15 is 0 Å². The number of nitrogens with one attached hydrogen (secondary N) is 1. The van der Waals surface area contributed by atoms with E-state index in [1.807, 2.05) is 13.1 Å². The van der Waals surface area contributed by atoms with Gasteiger partial charge >= 0.3 is 0 Å². The van der Waals surface area contributed by atoms with Gasteiger partial charge < -0.3 is 5.32 Å². The molecule has 0 aliphatic heterocycles. The molecule has 2 aromatic rings. The number of hydrogen-bond acceptors (Lipinski definition) is 5. The molecule has 0 bridgehead atoms. The van der Waals surface area contributed by atoms with Crippen LogP contribution in [-0.2, 0) is 13.1 Å². The van der Waals surface area contributed by atoms with Gasteiger partial charge in [-0.05, 0) is 29.3 Å². The minimum absolute atomic E-state index is 0.0984. The number of anilines is 1. The van der Waals surface area contributed by atoms with Crippen LogP contribution in [-0.4, -0.2) is 14.8 Å². The van der Waals surface area contributed by atoms with Crippen LogP contribution in [0.15, 0.2) is 21.7 Å². The van der Waals surface area contributed by atoms with Gasteiger partial charge in [0, 0.05) is 17.6 Å². The number of aryl methyl sites for hydroxylation is 2. The van der Waals surface area contributed by atoms with Crippen molar-refractivity contribution in [3.63, 3.8) is 0 Å². The third-order valence-corrected chi connectivity index (χ3v) is 4.49. The second-order valence-electron chi connectivity index (χ2n) is 4.47. The Kier molecular flexibility index (Phi) is 5.31. The summed E-state index contributed by atoms with van der Waals surface area (Å²) in [6.45, 7) is 5.36. The van der Waals surface area contributed by atoms with Crippen LogP contribution in [0.2, 0.25) is 0 Å². The van der Waals surface area contributed by atoms with Gasteiger partial charge in [0.15, 0.2) is 0 Å². The van der Waals surface area contributed by atoms with Crippen molar-refractivity contribution in [1.82, 2.24) is 14.8 Å². The molecule has 2 rings (SSSR count). The molecule has 0 aliphatic carbocycles. The number of hydrogen-bond donors (Lipinski definition) is 1. The Bertz CT molecular complexity index is 638. The van der Waals surface area contributed by atoms with E-state index in [-0.39, 0.29) is 5.56 Å². The lowest BCUT2D eigenvalue weighted by atomic mass is 10.3. The summed E-state index contributed by atoms with van der Waals surface area (Å²) < 4.78 is 2.02. The number of nitrogens with zero attached hydrogens (tertiary/aromatic N) is 3. The molecule has 0 atom stereocenters. The van der Waals surface area contributed by atoms with Crippen molar-refractivity contribution in [1.29, 1.82) is 0 Å². The molecule has 0 spiro atoms. The van der Waals surface area contributed by atoms with Crippen LogP contribution in [0, 0.1) is 6.92 Å². The average Bonchev–Trinajstić information content (AvgIpc) is 2.85. The topological polar surface area (TPSA) is 59.8 Å². The highest BCUT2D eigenvalue weighted by Gasteiger charge is 2.09. The van der Waals surface area contributed by atoms with Crippen molar-refractivity contribution >= 4 is 33.0 Å². The molecule has 2 aromatic heterocycles. The molecule has 0 aliphatic rings. The van der Waals surface area contributed by atoms with Gasteiger partial charge in [-0.15, -0.1) is 11.3 Å². The van der Waals surface area contributed by atoms with Gasteiger partial charge in [-0.3, -0.25) is 4.79 Å². The molecule has 0 radical (unpaired) electrons. The molecule has 5 nitrogen and oxygen atoms in total. The predicted molar refractivity (Wildman–Crippen MR) is 85.3 cm³/mol. The summed E-state index contributed by atoms with van der Waals surface area (Å²) in [5, 5.41) is 8.37. The molecule has 0 unspecified atom stereocenters. The number of rotatable bonds is 6. The Morgan fingerprint density at radius 3 is 2.90 bits per heavy atom. The van der Waals surface area contributed by atoms with Crippen LogP contribution in [0.1, 0.15) is 29.7 Å². The Hall–Kier alpha value is -1.21. The van der Waals surface area contributed by atoms with Gasteiger partial charge in [0.2, 0.25) is 0 Å². The first-order valence-electron chi connectivity index (χ1n) is 6.52. The average molecular weight is 357 g/mol. The van der Waals surface area contributed by atoms with Gasteiger partial charge in [-0.25, -0.2) is 9.67 Å². The van der Waals surface area contributed by atoms with E-state index in [1.165, 1.54) is 9.56 Å². The molecule has 1 N–H and O–H groups in total. The number of halogens is 1. The van der Waals surface area contributed by atoms with Gasteiger partial charge in [0.1, 0.15) is 9.48 Å². The number of aromatic nitrogens is 3. The van der Waals surface area contributed by atoms with Crippen molar-refractivity contribution in [2.24, 2.45) is 0 Å². The first kappa shape index (κ1) is 15.2. The SMILES string of the molecule is CCCCn1ncc(NCc2ncc(C)s2)c(Br)c1=O. The quantitative estimate of drug-likeness (QED) is 0.863. The summed E-state index contributed by atoms with van der Waals surface area (Å²) in [7, 11) is 0. The lowest BCUT2D eigenvalue weighted by Crippen LogP contribution is -2.24. The Balaban J connectivity index is 2.09. The van der Waals surface area contributed by atoms with Crippen LogP contribution >= 0.6 is 27.3 Å². The molecule has 7 heteroatoms. The van der Waals surface area contributed by atoms with E-state index in [9.17, 15) is 4.79 Å². The first-order valence-corrected chi connectivity index (χ1v) is 8.13. The minimum Gasteiger partial charge on any atom is -0.376 e. The largest absolute Gasteiger partial charge is 0.376 e. The fraction of sp³-hybridized carbons (Fsp3) is 0.462. The highest BCUT2D eigenvalue weighted by atomic mass is 79.9. The molecule has 0 saturated carbocycles. The van der Waals surface area contributed by atoms with E-state index in [2.05, 4.69) is 38.3 Å². The van der Waals surface area contributed by atoms with Gasteiger partial charge in [-0.1, -0.05) is 13.3 Å². The summed E-state index contributed by atoms with van der Waals surface area (Å²) in [5.41, 5.74) is 0.606. The summed E-state index contributed by atoms with van der Waals surface area (Å²) in [6, 6.07) is 0. The van der Waals surface area contributed by atoms with Crippen molar-refractivity contribution in [3.05, 3.63) is 37.1 Å². The summed E-state index contributed by atoms with van der Waals surface area (Å²) >= 11 is 4.99. The molecule has 0 amide bonds. The second-order valence-corrected chi connectivity index (χ2v) is 6.58. The third kappa shape index (κ3) is 3.67. The third-order valence-electron chi connectivity index (χ3n) is 2.81. The maximum atomic E-state index is 12.1. The van der Waals surface area contributed by atoms with E-state index in [4.69, 9.17) is 0 Å².